The Morgan fingerprint density at radius 2 is 1.43 bits per heavy atom. The van der Waals surface area contributed by atoms with E-state index in [2.05, 4.69) is 12.8 Å². The van der Waals surface area contributed by atoms with Crippen LogP contribution in [-0.2, 0) is 0 Å². The molecule has 0 saturated heterocycles. The largest absolute Gasteiger partial charge is 0.0530 e. The molecular formula is C7H12. The smallest absolute Gasteiger partial charge is 0.0383 e. The van der Waals surface area contributed by atoms with Gasteiger partial charge in [-0.05, 0) is 19.3 Å². The van der Waals surface area contributed by atoms with Crippen LogP contribution in [0.25, 0.3) is 0 Å². The average molecular weight is 96.2 g/mol. The molecule has 0 aliphatic heterocycles. The van der Waals surface area contributed by atoms with Gasteiger partial charge in [0.2, 0.25) is 0 Å². The lowest BCUT2D eigenvalue weighted by molar-refractivity contribution is 0.759. The molecule has 1 aliphatic carbocycles. The van der Waals surface area contributed by atoms with Crippen molar-refractivity contribution in [2.75, 3.05) is 0 Å². The third-order valence-corrected chi connectivity index (χ3v) is 1.40. The summed E-state index contributed by atoms with van der Waals surface area (Å²) in [6.45, 7) is 0. The van der Waals surface area contributed by atoms with Crippen molar-refractivity contribution in [1.29, 1.82) is 0 Å². The predicted octanol–water partition coefficient (Wildman–Crippen LogP) is 2.36. The van der Waals surface area contributed by atoms with Gasteiger partial charge < -0.3 is 0 Å². The van der Waals surface area contributed by atoms with Crippen molar-refractivity contribution in [3.8, 4) is 0 Å². The summed E-state index contributed by atoms with van der Waals surface area (Å²) in [5.41, 5.74) is 0. The monoisotopic (exact) mass is 96.1 g/mol. The van der Waals surface area contributed by atoms with Crippen molar-refractivity contribution in [2.24, 2.45) is 0 Å². The third kappa shape index (κ3) is 1.96. The quantitative estimate of drug-likeness (QED) is 0.406. The van der Waals surface area contributed by atoms with Gasteiger partial charge >= 0.3 is 0 Å². The van der Waals surface area contributed by atoms with Crippen LogP contribution in [0.2, 0.25) is 0 Å². The van der Waals surface area contributed by atoms with E-state index in [1.54, 1.807) is 0 Å². The van der Waals surface area contributed by atoms with Crippen LogP contribution in [0.15, 0.2) is 0 Å². The van der Waals surface area contributed by atoms with E-state index >= 15 is 0 Å². The van der Waals surface area contributed by atoms with E-state index in [-0.39, 0.29) is 0 Å². The van der Waals surface area contributed by atoms with E-state index < -0.39 is 0 Å². The highest BCUT2D eigenvalue weighted by atomic mass is 14.0. The van der Waals surface area contributed by atoms with Gasteiger partial charge in [0.25, 0.3) is 0 Å². The molecule has 7 heavy (non-hydrogen) atoms. The molecule has 1 rings (SSSR count). The zero-order valence-electron chi connectivity index (χ0n) is 4.69. The van der Waals surface area contributed by atoms with Crippen LogP contribution in [0.3, 0.4) is 0 Å². The first-order valence-electron chi connectivity index (χ1n) is 3.13. The molecule has 0 bridgehead atoms. The zero-order chi connectivity index (χ0) is 4.95. The average Bonchev–Trinajstić information content (AvgIpc) is 1.90. The molecule has 0 aromatic carbocycles. The molecule has 0 unspecified atom stereocenters. The summed E-state index contributed by atoms with van der Waals surface area (Å²) in [5.74, 6) is 0. The molecule has 0 spiro atoms. The molecule has 1 fully saturated rings. The topological polar surface area (TPSA) is 0 Å². The van der Waals surface area contributed by atoms with Crippen molar-refractivity contribution in [3.63, 3.8) is 0 Å². The van der Waals surface area contributed by atoms with Crippen LogP contribution in [0.4, 0.5) is 0 Å². The van der Waals surface area contributed by atoms with E-state index in [1.807, 2.05) is 0 Å². The van der Waals surface area contributed by atoms with Crippen molar-refractivity contribution in [1.82, 2.24) is 0 Å². The Hall–Kier alpha value is 0. The normalized spacial score (nSPS) is 24.0. The van der Waals surface area contributed by atoms with Crippen molar-refractivity contribution >= 4 is 0 Å². The maximum Gasteiger partial charge on any atom is -0.0383 e. The Labute approximate surface area is 45.9 Å². The first-order chi connectivity index (χ1) is 3.50. The minimum atomic E-state index is 1.25. The molecule has 1 saturated carbocycles. The van der Waals surface area contributed by atoms with Crippen LogP contribution in [0.1, 0.15) is 32.1 Å². The molecule has 0 heteroatoms. The molecule has 40 valence electrons. The van der Waals surface area contributed by atoms with E-state index in [4.69, 9.17) is 0 Å². The third-order valence-electron chi connectivity index (χ3n) is 1.40. The molecular weight excluding hydrogens is 84.1 g/mol. The van der Waals surface area contributed by atoms with Crippen LogP contribution in [-0.4, -0.2) is 0 Å². The van der Waals surface area contributed by atoms with Crippen LogP contribution in [0, 0.1) is 12.8 Å². The van der Waals surface area contributed by atoms with Crippen molar-refractivity contribution in [3.05, 3.63) is 12.8 Å². The Kier molecular flexibility index (Phi) is 2.25. The first-order valence-corrected chi connectivity index (χ1v) is 3.13. The van der Waals surface area contributed by atoms with Gasteiger partial charge in [-0.1, -0.05) is 25.7 Å². The SMILES string of the molecule is [CH]1C[CH]CCCC1. The second kappa shape index (κ2) is 3.06. The lowest BCUT2D eigenvalue weighted by Gasteiger charge is -1.85. The molecule has 0 aromatic rings. The summed E-state index contributed by atoms with van der Waals surface area (Å²) in [7, 11) is 0. The highest BCUT2D eigenvalue weighted by molar-refractivity contribution is 4.79. The van der Waals surface area contributed by atoms with E-state index in [9.17, 15) is 0 Å². The Balaban J connectivity index is 2.04. The summed E-state index contributed by atoms with van der Waals surface area (Å²) in [6.07, 6.45) is 11.5. The highest BCUT2D eigenvalue weighted by Gasteiger charge is 1.96. The van der Waals surface area contributed by atoms with Crippen LogP contribution in [0.5, 0.6) is 0 Å². The fourth-order valence-corrected chi connectivity index (χ4v) is 0.931. The summed E-state index contributed by atoms with van der Waals surface area (Å²) in [4.78, 5) is 0. The van der Waals surface area contributed by atoms with Gasteiger partial charge in [0, 0.05) is 0 Å². The maximum absolute atomic E-state index is 2.37. The van der Waals surface area contributed by atoms with Gasteiger partial charge in [-0.2, -0.15) is 0 Å². The lowest BCUT2D eigenvalue weighted by atomic mass is 10.2. The maximum atomic E-state index is 2.37. The minimum absolute atomic E-state index is 1.25. The standard InChI is InChI=1S/C7H12/c1-2-4-6-7-5-3-1/h1,4H,2-3,5-7H2. The second-order valence-electron chi connectivity index (χ2n) is 2.10. The van der Waals surface area contributed by atoms with Gasteiger partial charge in [-0.15, -0.1) is 0 Å². The minimum Gasteiger partial charge on any atom is -0.0530 e. The number of hydrogen-bond donors (Lipinski definition) is 0. The van der Waals surface area contributed by atoms with E-state index in [0.29, 0.717) is 0 Å². The van der Waals surface area contributed by atoms with E-state index in [0.717, 1.165) is 0 Å². The number of hydrogen-bond acceptors (Lipinski definition) is 0. The molecule has 0 atom stereocenters. The van der Waals surface area contributed by atoms with E-state index in [1.165, 1.54) is 32.1 Å². The fourth-order valence-electron chi connectivity index (χ4n) is 0.931. The summed E-state index contributed by atoms with van der Waals surface area (Å²) in [6, 6.07) is 0. The van der Waals surface area contributed by atoms with Gasteiger partial charge in [0.1, 0.15) is 0 Å². The summed E-state index contributed by atoms with van der Waals surface area (Å²) < 4.78 is 0. The van der Waals surface area contributed by atoms with Gasteiger partial charge in [0.05, 0.1) is 0 Å². The van der Waals surface area contributed by atoms with Gasteiger partial charge in [-0.3, -0.25) is 0 Å². The molecule has 0 aromatic heterocycles. The Morgan fingerprint density at radius 3 is 2.00 bits per heavy atom. The predicted molar refractivity (Wildman–Crippen MR) is 31.7 cm³/mol. The van der Waals surface area contributed by atoms with Gasteiger partial charge in [-0.25, -0.2) is 0 Å². The molecule has 1 aliphatic rings. The van der Waals surface area contributed by atoms with Crippen LogP contribution < -0.4 is 0 Å². The zero-order valence-corrected chi connectivity index (χ0v) is 4.69. The second-order valence-corrected chi connectivity index (χ2v) is 2.10. The molecule has 0 nitrogen and oxygen atoms in total. The summed E-state index contributed by atoms with van der Waals surface area (Å²) >= 11 is 0. The van der Waals surface area contributed by atoms with Gasteiger partial charge in [0.15, 0.2) is 0 Å². The molecule has 0 amide bonds. The lowest BCUT2D eigenvalue weighted by Crippen LogP contribution is -1.69. The first kappa shape index (κ1) is 5.14. The van der Waals surface area contributed by atoms with Crippen molar-refractivity contribution in [2.45, 2.75) is 32.1 Å². The Bertz CT molecular complexity index is 19.7. The van der Waals surface area contributed by atoms with Crippen molar-refractivity contribution < 1.29 is 0 Å². The fraction of sp³-hybridized carbons (Fsp3) is 0.714. The number of rotatable bonds is 0. The highest BCUT2D eigenvalue weighted by Crippen LogP contribution is 2.13. The Morgan fingerprint density at radius 1 is 0.857 bits per heavy atom. The summed E-state index contributed by atoms with van der Waals surface area (Å²) in [5, 5.41) is 0. The molecule has 0 N–H and O–H groups in total. The molecule has 2 radical (unpaired) electrons. The molecule has 0 heterocycles. The van der Waals surface area contributed by atoms with Crippen LogP contribution >= 0.6 is 0 Å².